The van der Waals surface area contributed by atoms with Gasteiger partial charge in [-0.2, -0.15) is 0 Å². The van der Waals surface area contributed by atoms with Gasteiger partial charge in [0.1, 0.15) is 0 Å². The molecule has 1 unspecified atom stereocenters. The van der Waals surface area contributed by atoms with Crippen molar-refractivity contribution < 1.29 is 19.4 Å². The van der Waals surface area contributed by atoms with E-state index in [1.54, 1.807) is 6.92 Å². The minimum absolute atomic E-state index is 0.139. The zero-order valence-electron chi connectivity index (χ0n) is 9.07. The highest BCUT2D eigenvalue weighted by Crippen LogP contribution is 2.48. The molecule has 2 aliphatic rings. The Morgan fingerprint density at radius 2 is 2.40 bits per heavy atom. The third-order valence-corrected chi connectivity index (χ3v) is 3.50. The first-order chi connectivity index (χ1) is 7.19. The summed E-state index contributed by atoms with van der Waals surface area (Å²) in [6.45, 7) is 2.20. The van der Waals surface area contributed by atoms with Gasteiger partial charge in [-0.1, -0.05) is 12.8 Å². The smallest absolute Gasteiger partial charge is 0.314 e. The van der Waals surface area contributed by atoms with Crippen molar-refractivity contribution in [3.8, 4) is 0 Å². The zero-order valence-corrected chi connectivity index (χ0v) is 9.07. The minimum atomic E-state index is -0.794. The van der Waals surface area contributed by atoms with Crippen molar-refractivity contribution in [2.24, 2.45) is 5.41 Å². The van der Waals surface area contributed by atoms with Gasteiger partial charge in [-0.3, -0.25) is 4.79 Å². The number of aliphatic hydroxyl groups is 1. The maximum atomic E-state index is 11.9. The summed E-state index contributed by atoms with van der Waals surface area (Å²) in [5, 5.41) is 9.51. The fourth-order valence-corrected chi connectivity index (χ4v) is 2.78. The van der Waals surface area contributed by atoms with E-state index in [0.717, 1.165) is 25.7 Å². The van der Waals surface area contributed by atoms with Crippen LogP contribution in [0.2, 0.25) is 0 Å². The lowest BCUT2D eigenvalue weighted by Crippen LogP contribution is -2.42. The third-order valence-electron chi connectivity index (χ3n) is 3.50. The first kappa shape index (κ1) is 10.9. The summed E-state index contributed by atoms with van der Waals surface area (Å²) in [5.74, 6) is -0.189. The molecule has 86 valence electrons. The molecular formula is C11H18O4. The number of fused-ring (bicyclic) bond motifs is 1. The summed E-state index contributed by atoms with van der Waals surface area (Å²) >= 11 is 0. The quantitative estimate of drug-likeness (QED) is 0.702. The zero-order chi connectivity index (χ0) is 10.9. The van der Waals surface area contributed by atoms with Crippen LogP contribution in [0.15, 0.2) is 0 Å². The highest BCUT2D eigenvalue weighted by Gasteiger charge is 2.55. The number of carbonyl (C=O) groups excluding carboxylic acids is 1. The third kappa shape index (κ3) is 1.76. The van der Waals surface area contributed by atoms with Gasteiger partial charge in [-0.25, -0.2) is 0 Å². The maximum absolute atomic E-state index is 11.9. The van der Waals surface area contributed by atoms with E-state index in [2.05, 4.69) is 0 Å². The first-order valence-electron chi connectivity index (χ1n) is 5.70. The first-order valence-corrected chi connectivity index (χ1v) is 5.70. The van der Waals surface area contributed by atoms with Crippen LogP contribution in [-0.4, -0.2) is 30.1 Å². The Morgan fingerprint density at radius 1 is 1.60 bits per heavy atom. The predicted molar refractivity (Wildman–Crippen MR) is 53.0 cm³/mol. The van der Waals surface area contributed by atoms with Crippen LogP contribution in [0.4, 0.5) is 0 Å². The number of esters is 1. The van der Waals surface area contributed by atoms with Gasteiger partial charge in [0.15, 0.2) is 6.29 Å². The van der Waals surface area contributed by atoms with E-state index < -0.39 is 11.7 Å². The van der Waals surface area contributed by atoms with Crippen LogP contribution in [0, 0.1) is 5.41 Å². The van der Waals surface area contributed by atoms with Gasteiger partial charge in [-0.15, -0.1) is 0 Å². The van der Waals surface area contributed by atoms with Gasteiger partial charge >= 0.3 is 5.97 Å². The van der Waals surface area contributed by atoms with Crippen molar-refractivity contribution >= 4 is 5.97 Å². The summed E-state index contributed by atoms with van der Waals surface area (Å²) in [6.07, 6.45) is 3.20. The second kappa shape index (κ2) is 4.10. The molecule has 3 atom stereocenters. The largest absolute Gasteiger partial charge is 0.465 e. The van der Waals surface area contributed by atoms with Crippen LogP contribution < -0.4 is 0 Å². The Morgan fingerprint density at radius 3 is 3.13 bits per heavy atom. The van der Waals surface area contributed by atoms with E-state index in [9.17, 15) is 9.90 Å². The number of rotatable bonds is 2. The molecule has 1 heterocycles. The van der Waals surface area contributed by atoms with E-state index in [-0.39, 0.29) is 12.1 Å². The van der Waals surface area contributed by atoms with Crippen molar-refractivity contribution in [1.82, 2.24) is 0 Å². The molecule has 2 fully saturated rings. The molecule has 1 aliphatic heterocycles. The fourth-order valence-electron chi connectivity index (χ4n) is 2.78. The molecule has 0 spiro atoms. The molecule has 1 saturated heterocycles. The monoisotopic (exact) mass is 214 g/mol. The Kier molecular flexibility index (Phi) is 2.98. The Labute approximate surface area is 89.6 Å². The molecule has 0 bridgehead atoms. The molecule has 1 N–H and O–H groups in total. The van der Waals surface area contributed by atoms with Crippen molar-refractivity contribution in [2.75, 3.05) is 6.61 Å². The van der Waals surface area contributed by atoms with Crippen LogP contribution in [0.25, 0.3) is 0 Å². The van der Waals surface area contributed by atoms with Gasteiger partial charge in [0, 0.05) is 6.42 Å². The van der Waals surface area contributed by atoms with Crippen molar-refractivity contribution in [2.45, 2.75) is 51.4 Å². The van der Waals surface area contributed by atoms with Gasteiger partial charge < -0.3 is 14.6 Å². The minimum Gasteiger partial charge on any atom is -0.465 e. The topological polar surface area (TPSA) is 55.8 Å². The molecule has 15 heavy (non-hydrogen) atoms. The van der Waals surface area contributed by atoms with Crippen LogP contribution in [0.5, 0.6) is 0 Å². The van der Waals surface area contributed by atoms with Gasteiger partial charge in [0.2, 0.25) is 0 Å². The molecule has 0 aromatic carbocycles. The van der Waals surface area contributed by atoms with E-state index in [4.69, 9.17) is 9.47 Å². The second-order valence-electron chi connectivity index (χ2n) is 4.41. The predicted octanol–water partition coefficient (Wildman–Crippen LogP) is 1.22. The summed E-state index contributed by atoms with van der Waals surface area (Å²) in [7, 11) is 0. The van der Waals surface area contributed by atoms with Crippen LogP contribution in [0.1, 0.15) is 39.0 Å². The SMILES string of the molecule is CCOC(=O)[C@]12CCCC[C@H]1OC(O)C2. The summed E-state index contributed by atoms with van der Waals surface area (Å²) < 4.78 is 10.5. The summed E-state index contributed by atoms with van der Waals surface area (Å²) in [5.41, 5.74) is -0.562. The number of hydrogen-bond acceptors (Lipinski definition) is 4. The average Bonchev–Trinajstić information content (AvgIpc) is 2.55. The van der Waals surface area contributed by atoms with Crippen molar-refractivity contribution in [1.29, 1.82) is 0 Å². The lowest BCUT2D eigenvalue weighted by atomic mass is 9.71. The molecule has 0 radical (unpaired) electrons. The Bertz CT molecular complexity index is 253. The molecular weight excluding hydrogens is 196 g/mol. The lowest BCUT2D eigenvalue weighted by Gasteiger charge is -2.34. The molecule has 4 nitrogen and oxygen atoms in total. The highest BCUT2D eigenvalue weighted by atomic mass is 16.6. The molecule has 1 saturated carbocycles. The summed E-state index contributed by atoms with van der Waals surface area (Å²) in [4.78, 5) is 11.9. The molecule has 1 aliphatic carbocycles. The molecule has 4 heteroatoms. The fraction of sp³-hybridized carbons (Fsp3) is 0.909. The number of aliphatic hydroxyl groups excluding tert-OH is 1. The van der Waals surface area contributed by atoms with E-state index >= 15 is 0 Å². The van der Waals surface area contributed by atoms with Crippen molar-refractivity contribution in [3.63, 3.8) is 0 Å². The standard InChI is InChI=1S/C11H18O4/c1-2-14-10(13)11-6-4-3-5-8(11)15-9(12)7-11/h8-9,12H,2-7H2,1H3/t8-,9?,11+/m1/s1. The Hall–Kier alpha value is -0.610. The van der Waals surface area contributed by atoms with Crippen molar-refractivity contribution in [3.05, 3.63) is 0 Å². The average molecular weight is 214 g/mol. The van der Waals surface area contributed by atoms with Gasteiger partial charge in [0.05, 0.1) is 18.1 Å². The van der Waals surface area contributed by atoms with Gasteiger partial charge in [-0.05, 0) is 19.8 Å². The lowest BCUT2D eigenvalue weighted by molar-refractivity contribution is -0.162. The number of ether oxygens (including phenoxy) is 2. The normalized spacial score (nSPS) is 39.9. The number of carbonyl (C=O) groups is 1. The second-order valence-corrected chi connectivity index (χ2v) is 4.41. The number of hydrogen-bond donors (Lipinski definition) is 1. The maximum Gasteiger partial charge on any atom is 0.314 e. The van der Waals surface area contributed by atoms with Crippen LogP contribution >= 0.6 is 0 Å². The molecule has 0 aromatic heterocycles. The summed E-state index contributed by atoms with van der Waals surface area (Å²) in [6, 6.07) is 0. The van der Waals surface area contributed by atoms with E-state index in [0.29, 0.717) is 13.0 Å². The van der Waals surface area contributed by atoms with E-state index in [1.165, 1.54) is 0 Å². The van der Waals surface area contributed by atoms with Crippen LogP contribution in [-0.2, 0) is 14.3 Å². The molecule has 0 amide bonds. The highest BCUT2D eigenvalue weighted by molar-refractivity contribution is 5.78. The van der Waals surface area contributed by atoms with E-state index in [1.807, 2.05) is 0 Å². The van der Waals surface area contributed by atoms with Crippen LogP contribution in [0.3, 0.4) is 0 Å². The molecule has 2 rings (SSSR count). The Balaban J connectivity index is 2.17. The van der Waals surface area contributed by atoms with Gasteiger partial charge in [0.25, 0.3) is 0 Å². The molecule has 0 aromatic rings.